The first-order chi connectivity index (χ1) is 13.8. The van der Waals surface area contributed by atoms with Crippen LogP contribution in [0, 0.1) is 5.92 Å². The molecule has 2 aliphatic heterocycles. The maximum absolute atomic E-state index is 5.71. The van der Waals surface area contributed by atoms with E-state index in [2.05, 4.69) is 38.4 Å². The zero-order chi connectivity index (χ0) is 19.6. The van der Waals surface area contributed by atoms with Crippen molar-refractivity contribution < 1.29 is 4.42 Å². The Kier molecular flexibility index (Phi) is 11.4. The molecule has 2 atom stereocenters. The normalized spacial score (nSPS) is 22.3. The Morgan fingerprint density at radius 1 is 1.21 bits per heavy atom. The number of hydrogen-bond donors (Lipinski definition) is 2. The highest BCUT2D eigenvalue weighted by Gasteiger charge is 2.25. The zero-order valence-electron chi connectivity index (χ0n) is 18.2. The van der Waals surface area contributed by atoms with Crippen molar-refractivity contribution >= 4 is 29.9 Å². The van der Waals surface area contributed by atoms with Crippen LogP contribution in [-0.2, 0) is 0 Å². The van der Waals surface area contributed by atoms with Gasteiger partial charge >= 0.3 is 0 Å². The van der Waals surface area contributed by atoms with Gasteiger partial charge in [0.05, 0.1) is 12.3 Å². The maximum atomic E-state index is 5.71. The largest absolute Gasteiger partial charge is 0.468 e. The lowest BCUT2D eigenvalue weighted by Crippen LogP contribution is -2.43. The van der Waals surface area contributed by atoms with Gasteiger partial charge in [-0.05, 0) is 82.8 Å². The van der Waals surface area contributed by atoms with Gasteiger partial charge in [-0.1, -0.05) is 6.92 Å². The van der Waals surface area contributed by atoms with Crippen molar-refractivity contribution in [1.82, 2.24) is 20.4 Å². The first-order valence-corrected chi connectivity index (χ1v) is 11.2. The van der Waals surface area contributed by atoms with Gasteiger partial charge in [0.25, 0.3) is 0 Å². The molecule has 6 nitrogen and oxygen atoms in total. The van der Waals surface area contributed by atoms with Crippen LogP contribution in [0.2, 0.25) is 0 Å². The van der Waals surface area contributed by atoms with E-state index in [-0.39, 0.29) is 30.0 Å². The Morgan fingerprint density at radius 2 is 2.03 bits per heavy atom. The highest BCUT2D eigenvalue weighted by atomic mass is 127. The number of unbranched alkanes of at least 4 members (excludes halogenated alkanes) is 1. The molecule has 2 unspecified atom stereocenters. The standard InChI is InChI=1S/C22H39N5O.HI/c1-19-9-7-13-26(18-19)12-4-3-11-24-22(23-2)25-17-20(21-10-8-16-28-21)27-14-5-6-15-27;/h8,10,16,19-20H,3-7,9,11-15,17-18H2,1-2H3,(H2,23,24,25);1H. The summed E-state index contributed by atoms with van der Waals surface area (Å²) < 4.78 is 5.71. The topological polar surface area (TPSA) is 56.0 Å². The number of nitrogens with zero attached hydrogens (tertiary/aromatic N) is 3. The minimum absolute atomic E-state index is 0. The second kappa shape index (κ2) is 13.5. The lowest BCUT2D eigenvalue weighted by molar-refractivity contribution is 0.181. The Balaban J connectivity index is 0.00000300. The highest BCUT2D eigenvalue weighted by Crippen LogP contribution is 2.24. The van der Waals surface area contributed by atoms with Crippen LogP contribution >= 0.6 is 24.0 Å². The third-order valence-corrected chi connectivity index (χ3v) is 6.07. The number of furan rings is 1. The number of halogens is 1. The maximum Gasteiger partial charge on any atom is 0.191 e. The van der Waals surface area contributed by atoms with Gasteiger partial charge in [0.2, 0.25) is 0 Å². The number of guanidine groups is 1. The van der Waals surface area contributed by atoms with E-state index in [1.807, 2.05) is 13.1 Å². The number of likely N-dealkylation sites (tertiary alicyclic amines) is 2. The average Bonchev–Trinajstić information content (AvgIpc) is 3.41. The predicted molar refractivity (Wildman–Crippen MR) is 131 cm³/mol. The molecule has 1 aromatic heterocycles. The molecule has 2 saturated heterocycles. The Bertz CT molecular complexity index is 574. The summed E-state index contributed by atoms with van der Waals surface area (Å²) >= 11 is 0. The van der Waals surface area contributed by atoms with Gasteiger partial charge in [0, 0.05) is 26.7 Å². The highest BCUT2D eigenvalue weighted by molar-refractivity contribution is 14.0. The molecule has 2 aliphatic rings. The number of aliphatic imine (C=N–C) groups is 1. The summed E-state index contributed by atoms with van der Waals surface area (Å²) in [6.45, 7) is 10.3. The van der Waals surface area contributed by atoms with Crippen LogP contribution in [0.15, 0.2) is 27.8 Å². The summed E-state index contributed by atoms with van der Waals surface area (Å²) in [6.07, 6.45) is 9.52. The SMILES string of the molecule is CN=C(NCCCCN1CCCC(C)C1)NCC(c1ccco1)N1CCCC1.I. The van der Waals surface area contributed by atoms with E-state index in [0.29, 0.717) is 0 Å². The molecule has 2 fully saturated rings. The van der Waals surface area contributed by atoms with Crippen LogP contribution in [-0.4, -0.2) is 68.6 Å². The minimum Gasteiger partial charge on any atom is -0.468 e. The van der Waals surface area contributed by atoms with Crippen molar-refractivity contribution in [2.24, 2.45) is 10.9 Å². The van der Waals surface area contributed by atoms with Gasteiger partial charge < -0.3 is 20.0 Å². The summed E-state index contributed by atoms with van der Waals surface area (Å²) in [7, 11) is 1.85. The summed E-state index contributed by atoms with van der Waals surface area (Å²) in [6, 6.07) is 4.34. The van der Waals surface area contributed by atoms with Gasteiger partial charge in [-0.15, -0.1) is 24.0 Å². The molecule has 166 valence electrons. The molecule has 0 bridgehead atoms. The summed E-state index contributed by atoms with van der Waals surface area (Å²) in [5.41, 5.74) is 0. The Labute approximate surface area is 193 Å². The van der Waals surface area contributed by atoms with Crippen LogP contribution in [0.3, 0.4) is 0 Å². The van der Waals surface area contributed by atoms with Crippen molar-refractivity contribution in [2.45, 2.75) is 51.5 Å². The summed E-state index contributed by atoms with van der Waals surface area (Å²) in [4.78, 5) is 9.54. The fourth-order valence-corrected chi connectivity index (χ4v) is 4.51. The molecule has 0 aliphatic carbocycles. The van der Waals surface area contributed by atoms with Gasteiger partial charge in [-0.2, -0.15) is 0 Å². The molecule has 0 spiro atoms. The van der Waals surface area contributed by atoms with E-state index in [1.54, 1.807) is 6.26 Å². The average molecular weight is 518 g/mol. The quantitative estimate of drug-likeness (QED) is 0.227. The molecule has 2 N–H and O–H groups in total. The van der Waals surface area contributed by atoms with Crippen LogP contribution < -0.4 is 10.6 Å². The van der Waals surface area contributed by atoms with Crippen molar-refractivity contribution in [2.75, 3.05) is 52.9 Å². The van der Waals surface area contributed by atoms with Crippen LogP contribution in [0.25, 0.3) is 0 Å². The Morgan fingerprint density at radius 3 is 2.72 bits per heavy atom. The van der Waals surface area contributed by atoms with Crippen LogP contribution in [0.5, 0.6) is 0 Å². The van der Waals surface area contributed by atoms with E-state index in [1.165, 1.54) is 58.2 Å². The molecule has 3 rings (SSSR count). The van der Waals surface area contributed by atoms with E-state index in [0.717, 1.165) is 43.8 Å². The lowest BCUT2D eigenvalue weighted by atomic mass is 10.0. The van der Waals surface area contributed by atoms with Gasteiger partial charge in [-0.3, -0.25) is 9.89 Å². The molecule has 0 radical (unpaired) electrons. The molecule has 0 saturated carbocycles. The van der Waals surface area contributed by atoms with Gasteiger partial charge in [0.1, 0.15) is 5.76 Å². The minimum atomic E-state index is 0. The number of nitrogens with one attached hydrogen (secondary N) is 2. The van der Waals surface area contributed by atoms with Gasteiger partial charge in [0.15, 0.2) is 5.96 Å². The van der Waals surface area contributed by atoms with Crippen molar-refractivity contribution in [3.05, 3.63) is 24.2 Å². The smallest absolute Gasteiger partial charge is 0.191 e. The predicted octanol–water partition coefficient (Wildman–Crippen LogP) is 3.71. The molecule has 7 heteroatoms. The van der Waals surface area contributed by atoms with E-state index < -0.39 is 0 Å². The molecular formula is C22H40IN5O. The third kappa shape index (κ3) is 8.09. The van der Waals surface area contributed by atoms with E-state index in [9.17, 15) is 0 Å². The number of rotatable bonds is 9. The van der Waals surface area contributed by atoms with Crippen molar-refractivity contribution in [3.8, 4) is 0 Å². The Hall–Kier alpha value is -0.800. The first kappa shape index (κ1) is 24.5. The third-order valence-electron chi connectivity index (χ3n) is 6.07. The zero-order valence-corrected chi connectivity index (χ0v) is 20.6. The van der Waals surface area contributed by atoms with Crippen molar-refractivity contribution in [3.63, 3.8) is 0 Å². The number of hydrogen-bond acceptors (Lipinski definition) is 4. The fraction of sp³-hybridized carbons (Fsp3) is 0.773. The van der Waals surface area contributed by atoms with Crippen molar-refractivity contribution in [1.29, 1.82) is 0 Å². The fourth-order valence-electron chi connectivity index (χ4n) is 4.51. The molecule has 29 heavy (non-hydrogen) atoms. The van der Waals surface area contributed by atoms with Gasteiger partial charge in [-0.25, -0.2) is 0 Å². The second-order valence-corrected chi connectivity index (χ2v) is 8.41. The van der Waals surface area contributed by atoms with E-state index >= 15 is 0 Å². The first-order valence-electron chi connectivity index (χ1n) is 11.2. The summed E-state index contributed by atoms with van der Waals surface area (Å²) in [5, 5.41) is 6.99. The molecule has 1 aromatic rings. The molecule has 3 heterocycles. The van der Waals surface area contributed by atoms with E-state index in [4.69, 9.17) is 4.42 Å². The lowest BCUT2D eigenvalue weighted by Gasteiger charge is -2.30. The second-order valence-electron chi connectivity index (χ2n) is 8.41. The monoisotopic (exact) mass is 517 g/mol. The molecule has 0 amide bonds. The molecular weight excluding hydrogens is 477 g/mol. The van der Waals surface area contributed by atoms with Crippen LogP contribution in [0.1, 0.15) is 57.3 Å². The number of piperidine rings is 1. The molecule has 0 aromatic carbocycles. The summed E-state index contributed by atoms with van der Waals surface area (Å²) in [5.74, 6) is 2.80. The van der Waals surface area contributed by atoms with Crippen LogP contribution in [0.4, 0.5) is 0 Å².